The Morgan fingerprint density at radius 2 is 1.71 bits per heavy atom. The molecule has 9 atom stereocenters. The van der Waals surface area contributed by atoms with Gasteiger partial charge >= 0.3 is 0 Å². The van der Waals surface area contributed by atoms with Crippen molar-refractivity contribution in [2.24, 2.45) is 46.3 Å². The minimum Gasteiger partial charge on any atom is -0.393 e. The molecule has 0 radical (unpaired) electrons. The van der Waals surface area contributed by atoms with E-state index >= 15 is 0 Å². The van der Waals surface area contributed by atoms with Crippen LogP contribution in [0.2, 0.25) is 0 Å². The first kappa shape index (κ1) is 23.2. The van der Waals surface area contributed by atoms with Crippen molar-refractivity contribution in [1.29, 1.82) is 0 Å². The third-order valence-electron chi connectivity index (χ3n) is 10.5. The van der Waals surface area contributed by atoms with Gasteiger partial charge in [-0.05, 0) is 85.5 Å². The summed E-state index contributed by atoms with van der Waals surface area (Å²) >= 11 is 0. The number of carbonyl (C=O) groups excluding carboxylic acids is 1. The molecule has 0 aromatic heterocycles. The average molecular weight is 429 g/mol. The predicted molar refractivity (Wildman–Crippen MR) is 125 cm³/mol. The maximum Gasteiger partial charge on any atom is 0.187 e. The predicted octanol–water partition coefficient (Wildman–Crippen LogP) is 5.70. The van der Waals surface area contributed by atoms with E-state index in [1.54, 1.807) is 0 Å². The molecule has 0 bridgehead atoms. The quantitative estimate of drug-likeness (QED) is 0.564. The minimum atomic E-state index is -1.40. The van der Waals surface area contributed by atoms with Crippen molar-refractivity contribution in [3.63, 3.8) is 0 Å². The molecule has 4 aliphatic rings. The van der Waals surface area contributed by atoms with Gasteiger partial charge in [0.25, 0.3) is 0 Å². The van der Waals surface area contributed by atoms with E-state index in [-0.39, 0.29) is 23.5 Å². The first-order chi connectivity index (χ1) is 14.4. The van der Waals surface area contributed by atoms with Crippen LogP contribution in [0.4, 0.5) is 0 Å². The number of allylic oxidation sites excluding steroid dienone is 3. The van der Waals surface area contributed by atoms with Crippen molar-refractivity contribution in [1.82, 2.24) is 0 Å². The van der Waals surface area contributed by atoms with Gasteiger partial charge in [0.2, 0.25) is 0 Å². The molecular formula is C28H44O3. The highest BCUT2D eigenvalue weighted by atomic mass is 16.3. The zero-order chi connectivity index (χ0) is 22.8. The Labute approximate surface area is 189 Å². The van der Waals surface area contributed by atoms with Crippen molar-refractivity contribution in [3.8, 4) is 0 Å². The molecule has 0 saturated heterocycles. The fraction of sp³-hybridized carbons (Fsp3) is 0.821. The lowest BCUT2D eigenvalue weighted by molar-refractivity contribution is -0.180. The van der Waals surface area contributed by atoms with Gasteiger partial charge in [0, 0.05) is 11.8 Å². The van der Waals surface area contributed by atoms with Crippen LogP contribution in [0.5, 0.6) is 0 Å². The summed E-state index contributed by atoms with van der Waals surface area (Å²) in [5, 5.41) is 21.7. The molecule has 3 heteroatoms. The van der Waals surface area contributed by atoms with E-state index in [4.69, 9.17) is 0 Å². The summed E-state index contributed by atoms with van der Waals surface area (Å²) in [5.41, 5.74) is -0.275. The molecule has 9 unspecified atom stereocenters. The lowest BCUT2D eigenvalue weighted by Gasteiger charge is -2.59. The van der Waals surface area contributed by atoms with Crippen LogP contribution in [0, 0.1) is 46.3 Å². The van der Waals surface area contributed by atoms with E-state index in [0.29, 0.717) is 36.0 Å². The molecule has 174 valence electrons. The summed E-state index contributed by atoms with van der Waals surface area (Å²) in [6.45, 7) is 13.9. The summed E-state index contributed by atoms with van der Waals surface area (Å²) < 4.78 is 0. The van der Waals surface area contributed by atoms with Crippen LogP contribution >= 0.6 is 0 Å². The third-order valence-corrected chi connectivity index (χ3v) is 10.5. The van der Waals surface area contributed by atoms with Gasteiger partial charge in [0.05, 0.1) is 6.10 Å². The minimum absolute atomic E-state index is 0.147. The first-order valence-electron chi connectivity index (χ1n) is 12.8. The number of aliphatic hydroxyl groups excluding tert-OH is 1. The molecule has 0 amide bonds. The second-order valence-electron chi connectivity index (χ2n) is 12.4. The maximum atomic E-state index is 13.3. The molecule has 0 aliphatic heterocycles. The molecule has 31 heavy (non-hydrogen) atoms. The van der Waals surface area contributed by atoms with Crippen molar-refractivity contribution in [2.45, 2.75) is 98.2 Å². The topological polar surface area (TPSA) is 57.5 Å². The van der Waals surface area contributed by atoms with E-state index < -0.39 is 17.1 Å². The Kier molecular flexibility index (Phi) is 5.87. The molecule has 0 aromatic rings. The van der Waals surface area contributed by atoms with Gasteiger partial charge in [-0.2, -0.15) is 0 Å². The van der Waals surface area contributed by atoms with Gasteiger partial charge in [0.1, 0.15) is 5.60 Å². The standard InChI is InChI=1S/C28H44O3/c1-17(2)18(3)7-8-19(4)22-9-10-23-21-15-25(30)28(31)16-20(29)11-14-27(28,6)24(21)12-13-26(22,23)5/h7-8,15,17-20,22-24,29,31H,9-14,16H2,1-6H3/b8-7-. The lowest BCUT2D eigenvalue weighted by Crippen LogP contribution is -2.64. The van der Waals surface area contributed by atoms with Crippen LogP contribution in [0.1, 0.15) is 86.5 Å². The zero-order valence-electron chi connectivity index (χ0n) is 20.5. The highest BCUT2D eigenvalue weighted by molar-refractivity contribution is 5.99. The lowest BCUT2D eigenvalue weighted by atomic mass is 9.46. The van der Waals surface area contributed by atoms with Crippen molar-refractivity contribution < 1.29 is 15.0 Å². The van der Waals surface area contributed by atoms with Crippen LogP contribution in [0.15, 0.2) is 23.8 Å². The summed E-state index contributed by atoms with van der Waals surface area (Å²) in [6.07, 6.45) is 12.4. The summed E-state index contributed by atoms with van der Waals surface area (Å²) in [7, 11) is 0. The van der Waals surface area contributed by atoms with Crippen LogP contribution < -0.4 is 0 Å². The smallest absolute Gasteiger partial charge is 0.187 e. The van der Waals surface area contributed by atoms with E-state index in [1.807, 2.05) is 6.08 Å². The van der Waals surface area contributed by atoms with Crippen molar-refractivity contribution in [3.05, 3.63) is 23.8 Å². The molecular weight excluding hydrogens is 384 g/mol. The van der Waals surface area contributed by atoms with Crippen molar-refractivity contribution >= 4 is 5.78 Å². The fourth-order valence-corrected chi connectivity index (χ4v) is 7.96. The van der Waals surface area contributed by atoms with Crippen molar-refractivity contribution in [2.75, 3.05) is 0 Å². The molecule has 0 heterocycles. The Balaban J connectivity index is 1.62. The number of hydrogen-bond acceptors (Lipinski definition) is 3. The molecule has 4 rings (SSSR count). The second kappa shape index (κ2) is 7.83. The molecule has 3 nitrogen and oxygen atoms in total. The molecule has 0 spiro atoms. The first-order valence-corrected chi connectivity index (χ1v) is 12.8. The highest BCUT2D eigenvalue weighted by Crippen LogP contribution is 2.67. The molecule has 3 fully saturated rings. The molecule has 3 saturated carbocycles. The van der Waals surface area contributed by atoms with Gasteiger partial charge < -0.3 is 10.2 Å². The number of ketones is 1. The Bertz CT molecular complexity index is 781. The monoisotopic (exact) mass is 428 g/mol. The summed E-state index contributed by atoms with van der Waals surface area (Å²) in [6, 6.07) is 0. The number of rotatable bonds is 4. The zero-order valence-corrected chi connectivity index (χ0v) is 20.5. The summed E-state index contributed by atoms with van der Waals surface area (Å²) in [5.74, 6) is 3.03. The normalized spacial score (nSPS) is 47.0. The Morgan fingerprint density at radius 3 is 2.39 bits per heavy atom. The number of aliphatic hydroxyl groups is 2. The molecule has 2 N–H and O–H groups in total. The second-order valence-corrected chi connectivity index (χ2v) is 12.4. The Hall–Kier alpha value is -0.930. The fourth-order valence-electron chi connectivity index (χ4n) is 7.96. The van der Waals surface area contributed by atoms with Crippen LogP contribution in [0.3, 0.4) is 0 Å². The number of fused-ring (bicyclic) bond motifs is 5. The van der Waals surface area contributed by atoms with E-state index in [0.717, 1.165) is 19.3 Å². The average Bonchev–Trinajstić information content (AvgIpc) is 3.05. The Morgan fingerprint density at radius 1 is 1.00 bits per heavy atom. The van der Waals surface area contributed by atoms with Crippen LogP contribution in [-0.4, -0.2) is 27.7 Å². The van der Waals surface area contributed by atoms with Gasteiger partial charge in [0.15, 0.2) is 5.78 Å². The SMILES string of the molecule is CC(C)C(C)/C=C\C(C)C1CCC2C3=CC(=O)C4(O)CC(O)CCC4(C)C3CCC21C. The summed E-state index contributed by atoms with van der Waals surface area (Å²) in [4.78, 5) is 13.3. The highest BCUT2D eigenvalue weighted by Gasteiger charge is 2.65. The van der Waals surface area contributed by atoms with E-state index in [9.17, 15) is 15.0 Å². The molecule has 0 aromatic carbocycles. The largest absolute Gasteiger partial charge is 0.393 e. The third kappa shape index (κ3) is 3.41. The van der Waals surface area contributed by atoms with Crippen LogP contribution in [0.25, 0.3) is 0 Å². The van der Waals surface area contributed by atoms with Crippen LogP contribution in [-0.2, 0) is 4.79 Å². The molecule has 4 aliphatic carbocycles. The maximum absolute atomic E-state index is 13.3. The van der Waals surface area contributed by atoms with E-state index in [1.165, 1.54) is 18.4 Å². The van der Waals surface area contributed by atoms with E-state index in [2.05, 4.69) is 53.7 Å². The number of hydrogen-bond donors (Lipinski definition) is 2. The van der Waals surface area contributed by atoms with Gasteiger partial charge in [-0.1, -0.05) is 59.3 Å². The number of carbonyl (C=O) groups is 1. The van der Waals surface area contributed by atoms with Gasteiger partial charge in [-0.3, -0.25) is 4.79 Å². The van der Waals surface area contributed by atoms with Gasteiger partial charge in [-0.25, -0.2) is 0 Å². The van der Waals surface area contributed by atoms with Gasteiger partial charge in [-0.15, -0.1) is 0 Å².